The molecule has 0 aliphatic heterocycles. The van der Waals surface area contributed by atoms with E-state index < -0.39 is 0 Å². The first-order valence-corrected chi connectivity index (χ1v) is 6.68. The van der Waals surface area contributed by atoms with E-state index in [0.29, 0.717) is 11.2 Å². The Morgan fingerprint density at radius 3 is 2.94 bits per heavy atom. The fraction of sp³-hybridized carbons (Fsp3) is 0.636. The minimum Gasteiger partial charge on any atom is -0.368 e. The number of nitrogens with two attached hydrogens (primary N) is 1. The van der Waals surface area contributed by atoms with Crippen LogP contribution in [0.4, 0.5) is 5.13 Å². The van der Waals surface area contributed by atoms with E-state index >= 15 is 0 Å². The van der Waals surface area contributed by atoms with E-state index in [-0.39, 0.29) is 18.6 Å². The van der Waals surface area contributed by atoms with Gasteiger partial charge in [-0.25, -0.2) is 4.98 Å². The molecule has 0 atom stereocenters. The minimum atomic E-state index is -0.144. The van der Waals surface area contributed by atoms with Crippen LogP contribution in [0, 0.1) is 0 Å². The summed E-state index contributed by atoms with van der Waals surface area (Å²) in [6.45, 7) is 0.0967. The van der Waals surface area contributed by atoms with Gasteiger partial charge in [-0.3, -0.25) is 10.1 Å². The zero-order chi connectivity index (χ0) is 12.1. The van der Waals surface area contributed by atoms with Crippen LogP contribution in [0.3, 0.4) is 0 Å². The summed E-state index contributed by atoms with van der Waals surface area (Å²) in [6.07, 6.45) is 5.70. The largest absolute Gasteiger partial charge is 0.368 e. The monoisotopic (exact) mass is 255 g/mol. The Balaban J connectivity index is 1.66. The number of nitrogens with zero attached hydrogens (tertiary/aromatic N) is 1. The van der Waals surface area contributed by atoms with Crippen molar-refractivity contribution in [3.63, 3.8) is 0 Å². The smallest absolute Gasteiger partial charge is 0.252 e. The molecule has 0 unspecified atom stereocenters. The Hall–Kier alpha value is -0.980. The average molecular weight is 255 g/mol. The second-order valence-electron chi connectivity index (χ2n) is 4.23. The first-order chi connectivity index (χ1) is 8.24. The minimum absolute atomic E-state index is 0.0967. The predicted octanol–water partition coefficient (Wildman–Crippen LogP) is 1.37. The summed E-state index contributed by atoms with van der Waals surface area (Å²) in [7, 11) is 0. The van der Waals surface area contributed by atoms with Crippen molar-refractivity contribution in [1.82, 2.24) is 4.98 Å². The maximum Gasteiger partial charge on any atom is 0.252 e. The van der Waals surface area contributed by atoms with Crippen molar-refractivity contribution >= 4 is 22.4 Å². The fourth-order valence-electron chi connectivity index (χ4n) is 1.89. The molecule has 1 aliphatic rings. The number of hydrogen-bond acceptors (Lipinski definition) is 5. The molecular weight excluding hydrogens is 238 g/mol. The van der Waals surface area contributed by atoms with E-state index in [1.165, 1.54) is 11.3 Å². The predicted molar refractivity (Wildman–Crippen MR) is 66.9 cm³/mol. The third kappa shape index (κ3) is 4.07. The van der Waals surface area contributed by atoms with Crippen molar-refractivity contribution in [1.29, 1.82) is 0 Å². The van der Waals surface area contributed by atoms with Gasteiger partial charge in [-0.1, -0.05) is 0 Å². The number of nitrogens with one attached hydrogen (secondary N) is 1. The molecule has 2 rings (SSSR count). The molecule has 1 amide bonds. The van der Waals surface area contributed by atoms with Crippen LogP contribution in [-0.4, -0.2) is 29.6 Å². The SMILES string of the molecule is NC1CCC(OCC(=O)Nc2nccs2)CC1. The van der Waals surface area contributed by atoms with Gasteiger partial charge in [0.1, 0.15) is 6.61 Å². The van der Waals surface area contributed by atoms with Gasteiger partial charge in [0.05, 0.1) is 6.10 Å². The van der Waals surface area contributed by atoms with E-state index in [4.69, 9.17) is 10.5 Å². The Bertz CT molecular complexity index is 348. The first-order valence-electron chi connectivity index (χ1n) is 5.80. The lowest BCUT2D eigenvalue weighted by atomic mass is 9.94. The van der Waals surface area contributed by atoms with Gasteiger partial charge in [0.25, 0.3) is 5.91 Å². The lowest BCUT2D eigenvalue weighted by molar-refractivity contribution is -0.123. The number of amides is 1. The highest BCUT2D eigenvalue weighted by Gasteiger charge is 2.19. The maximum atomic E-state index is 11.5. The molecule has 0 spiro atoms. The fourth-order valence-corrected chi connectivity index (χ4v) is 2.43. The normalized spacial score (nSPS) is 24.5. The quantitative estimate of drug-likeness (QED) is 0.851. The number of thiazole rings is 1. The van der Waals surface area contributed by atoms with Crippen LogP contribution in [0.2, 0.25) is 0 Å². The van der Waals surface area contributed by atoms with Crippen molar-refractivity contribution in [2.75, 3.05) is 11.9 Å². The van der Waals surface area contributed by atoms with Crippen molar-refractivity contribution in [2.24, 2.45) is 5.73 Å². The van der Waals surface area contributed by atoms with E-state index in [1.54, 1.807) is 6.20 Å². The average Bonchev–Trinajstić information content (AvgIpc) is 2.81. The summed E-state index contributed by atoms with van der Waals surface area (Å²) in [5, 5.41) is 5.12. The number of ether oxygens (including phenoxy) is 1. The van der Waals surface area contributed by atoms with Crippen LogP contribution >= 0.6 is 11.3 Å². The Morgan fingerprint density at radius 1 is 1.53 bits per heavy atom. The first kappa shape index (κ1) is 12.5. The van der Waals surface area contributed by atoms with Gasteiger partial charge in [-0.2, -0.15) is 0 Å². The molecule has 1 aromatic rings. The standard InChI is InChI=1S/C11H17N3O2S/c12-8-1-3-9(4-2-8)16-7-10(15)14-11-13-5-6-17-11/h5-6,8-9H,1-4,7,12H2,(H,13,14,15). The molecule has 6 heteroatoms. The molecule has 17 heavy (non-hydrogen) atoms. The maximum absolute atomic E-state index is 11.5. The summed E-state index contributed by atoms with van der Waals surface area (Å²) >= 11 is 1.40. The molecule has 0 radical (unpaired) electrons. The lowest BCUT2D eigenvalue weighted by Crippen LogP contribution is -2.32. The second kappa shape index (κ2) is 6.09. The molecule has 1 heterocycles. The lowest BCUT2D eigenvalue weighted by Gasteiger charge is -2.25. The van der Waals surface area contributed by atoms with Gasteiger partial charge >= 0.3 is 0 Å². The Kier molecular flexibility index (Phi) is 4.47. The van der Waals surface area contributed by atoms with Crippen molar-refractivity contribution in [3.05, 3.63) is 11.6 Å². The number of hydrogen-bond donors (Lipinski definition) is 2. The van der Waals surface area contributed by atoms with Gasteiger partial charge in [0, 0.05) is 17.6 Å². The topological polar surface area (TPSA) is 77.2 Å². The molecule has 1 aliphatic carbocycles. The van der Waals surface area contributed by atoms with Gasteiger partial charge in [-0.05, 0) is 25.7 Å². The molecule has 1 aromatic heterocycles. The third-order valence-corrected chi connectivity index (χ3v) is 3.54. The number of carbonyl (C=O) groups excluding carboxylic acids is 1. The number of rotatable bonds is 4. The summed E-state index contributed by atoms with van der Waals surface area (Å²) in [5.74, 6) is -0.144. The van der Waals surface area contributed by atoms with Crippen LogP contribution < -0.4 is 11.1 Å². The van der Waals surface area contributed by atoms with E-state index in [0.717, 1.165) is 25.7 Å². The van der Waals surface area contributed by atoms with Crippen LogP contribution in [0.5, 0.6) is 0 Å². The number of anilines is 1. The van der Waals surface area contributed by atoms with Crippen molar-refractivity contribution in [3.8, 4) is 0 Å². The highest BCUT2D eigenvalue weighted by molar-refractivity contribution is 7.13. The second-order valence-corrected chi connectivity index (χ2v) is 5.13. The summed E-state index contributed by atoms with van der Waals surface area (Å²) in [4.78, 5) is 15.5. The zero-order valence-corrected chi connectivity index (χ0v) is 10.4. The molecule has 1 fully saturated rings. The summed E-state index contributed by atoms with van der Waals surface area (Å²) < 4.78 is 5.55. The van der Waals surface area contributed by atoms with E-state index in [2.05, 4.69) is 10.3 Å². The highest BCUT2D eigenvalue weighted by atomic mass is 32.1. The molecule has 5 nitrogen and oxygen atoms in total. The molecule has 94 valence electrons. The van der Waals surface area contributed by atoms with E-state index in [1.807, 2.05) is 5.38 Å². The molecular formula is C11H17N3O2S. The van der Waals surface area contributed by atoms with Crippen LogP contribution in [0.1, 0.15) is 25.7 Å². The molecule has 1 saturated carbocycles. The summed E-state index contributed by atoms with van der Waals surface area (Å²) in [5.41, 5.74) is 5.80. The zero-order valence-electron chi connectivity index (χ0n) is 9.59. The van der Waals surface area contributed by atoms with Gasteiger partial charge in [-0.15, -0.1) is 11.3 Å². The van der Waals surface area contributed by atoms with Crippen LogP contribution in [0.25, 0.3) is 0 Å². The van der Waals surface area contributed by atoms with Crippen molar-refractivity contribution < 1.29 is 9.53 Å². The molecule has 0 bridgehead atoms. The third-order valence-electron chi connectivity index (χ3n) is 2.85. The number of aromatic nitrogens is 1. The number of carbonyl (C=O) groups is 1. The van der Waals surface area contributed by atoms with Crippen LogP contribution in [-0.2, 0) is 9.53 Å². The van der Waals surface area contributed by atoms with Gasteiger partial charge in [0.2, 0.25) is 0 Å². The van der Waals surface area contributed by atoms with Gasteiger partial charge < -0.3 is 10.5 Å². The summed E-state index contributed by atoms with van der Waals surface area (Å²) in [6, 6.07) is 0.305. The Labute approximate surface area is 104 Å². The van der Waals surface area contributed by atoms with Crippen molar-refractivity contribution in [2.45, 2.75) is 37.8 Å². The molecule has 3 N–H and O–H groups in total. The van der Waals surface area contributed by atoms with Gasteiger partial charge in [0.15, 0.2) is 5.13 Å². The molecule has 0 saturated heterocycles. The molecule has 0 aromatic carbocycles. The van der Waals surface area contributed by atoms with Crippen LogP contribution in [0.15, 0.2) is 11.6 Å². The Morgan fingerprint density at radius 2 is 2.29 bits per heavy atom. The highest BCUT2D eigenvalue weighted by Crippen LogP contribution is 2.19. The van der Waals surface area contributed by atoms with E-state index in [9.17, 15) is 4.79 Å².